The van der Waals surface area contributed by atoms with Crippen LogP contribution in [-0.4, -0.2) is 72.1 Å². The number of sulfone groups is 1. The number of aromatic nitrogens is 2. The van der Waals surface area contributed by atoms with Crippen LogP contribution in [-0.2, 0) is 28.2 Å². The molecule has 0 aromatic carbocycles. The lowest BCUT2D eigenvalue weighted by atomic mass is 9.72. The molecule has 0 N–H and O–H groups in total. The number of carbonyl (C=O) groups is 1. The Morgan fingerprint density at radius 1 is 1.33 bits per heavy atom. The molecule has 2 fully saturated rings. The SMILES string of the molecule is Cc1cc(CN2CCC[C@@]3(C2)CN(CCS(C)(=O)=O)C3=O)n(C)n1. The summed E-state index contributed by atoms with van der Waals surface area (Å²) in [7, 11) is -1.08. The third-order valence-electron chi connectivity index (χ3n) is 5.11. The maximum absolute atomic E-state index is 12.6. The molecule has 134 valence electrons. The molecule has 2 aliphatic heterocycles. The normalized spacial score (nSPS) is 25.3. The summed E-state index contributed by atoms with van der Waals surface area (Å²) in [6.07, 6.45) is 3.12. The topological polar surface area (TPSA) is 75.5 Å². The van der Waals surface area contributed by atoms with Crippen LogP contribution in [0.5, 0.6) is 0 Å². The van der Waals surface area contributed by atoms with E-state index in [1.165, 1.54) is 6.26 Å². The quantitative estimate of drug-likeness (QED) is 0.706. The lowest BCUT2D eigenvalue weighted by Gasteiger charge is -2.53. The van der Waals surface area contributed by atoms with Gasteiger partial charge in [0.15, 0.2) is 0 Å². The van der Waals surface area contributed by atoms with Crippen LogP contribution < -0.4 is 0 Å². The Labute approximate surface area is 143 Å². The van der Waals surface area contributed by atoms with Crippen LogP contribution in [0.2, 0.25) is 0 Å². The summed E-state index contributed by atoms with van der Waals surface area (Å²) in [6.45, 7) is 5.53. The molecule has 1 aromatic heterocycles. The van der Waals surface area contributed by atoms with Gasteiger partial charge in [-0.1, -0.05) is 0 Å². The number of rotatable bonds is 5. The number of amides is 1. The van der Waals surface area contributed by atoms with Gasteiger partial charge in [-0.05, 0) is 32.4 Å². The van der Waals surface area contributed by atoms with E-state index in [2.05, 4.69) is 16.1 Å². The summed E-state index contributed by atoms with van der Waals surface area (Å²) in [4.78, 5) is 16.6. The molecule has 0 bridgehead atoms. The summed E-state index contributed by atoms with van der Waals surface area (Å²) in [5.41, 5.74) is 1.86. The Balaban J connectivity index is 1.60. The van der Waals surface area contributed by atoms with Crippen molar-refractivity contribution in [3.05, 3.63) is 17.5 Å². The lowest BCUT2D eigenvalue weighted by Crippen LogP contribution is -2.67. The van der Waals surface area contributed by atoms with Crippen molar-refractivity contribution in [1.29, 1.82) is 0 Å². The van der Waals surface area contributed by atoms with Gasteiger partial charge in [0.1, 0.15) is 9.84 Å². The van der Waals surface area contributed by atoms with Gasteiger partial charge in [0.05, 0.1) is 22.6 Å². The third kappa shape index (κ3) is 3.49. The van der Waals surface area contributed by atoms with Crippen LogP contribution in [0, 0.1) is 12.3 Å². The molecule has 1 amide bonds. The average Bonchev–Trinajstić information content (AvgIpc) is 2.80. The molecule has 3 heterocycles. The predicted molar refractivity (Wildman–Crippen MR) is 91.2 cm³/mol. The molecule has 0 saturated carbocycles. The lowest BCUT2D eigenvalue weighted by molar-refractivity contribution is -0.165. The molecular formula is C16H26N4O3S. The monoisotopic (exact) mass is 354 g/mol. The number of β-lactam (4-membered cyclic amide) rings is 1. The molecule has 24 heavy (non-hydrogen) atoms. The zero-order valence-electron chi connectivity index (χ0n) is 14.7. The molecule has 2 saturated heterocycles. The molecule has 1 aromatic rings. The van der Waals surface area contributed by atoms with Gasteiger partial charge in [-0.3, -0.25) is 14.4 Å². The van der Waals surface area contributed by atoms with Crippen LogP contribution in [0.25, 0.3) is 0 Å². The number of nitrogens with zero attached hydrogens (tertiary/aromatic N) is 4. The van der Waals surface area contributed by atoms with E-state index < -0.39 is 9.84 Å². The largest absolute Gasteiger partial charge is 0.340 e. The molecule has 0 aliphatic carbocycles. The van der Waals surface area contributed by atoms with Crippen molar-refractivity contribution in [3.63, 3.8) is 0 Å². The van der Waals surface area contributed by atoms with E-state index in [1.54, 1.807) is 4.90 Å². The van der Waals surface area contributed by atoms with Crippen LogP contribution >= 0.6 is 0 Å². The molecule has 1 atom stereocenters. The van der Waals surface area contributed by atoms with Crippen molar-refractivity contribution < 1.29 is 13.2 Å². The van der Waals surface area contributed by atoms with Gasteiger partial charge in [-0.2, -0.15) is 5.10 Å². The van der Waals surface area contributed by atoms with Crippen LogP contribution in [0.15, 0.2) is 6.07 Å². The van der Waals surface area contributed by atoms with Crippen LogP contribution in [0.3, 0.4) is 0 Å². The Morgan fingerprint density at radius 2 is 2.08 bits per heavy atom. The highest BCUT2D eigenvalue weighted by atomic mass is 32.2. The van der Waals surface area contributed by atoms with Gasteiger partial charge in [-0.25, -0.2) is 8.42 Å². The minimum absolute atomic E-state index is 0.0484. The predicted octanol–water partition coefficient (Wildman–Crippen LogP) is 0.198. The van der Waals surface area contributed by atoms with Gasteiger partial charge in [0.25, 0.3) is 0 Å². The van der Waals surface area contributed by atoms with Crippen molar-refractivity contribution in [3.8, 4) is 0 Å². The van der Waals surface area contributed by atoms with E-state index >= 15 is 0 Å². The third-order valence-corrected chi connectivity index (χ3v) is 6.03. The van der Waals surface area contributed by atoms with Crippen LogP contribution in [0.4, 0.5) is 0 Å². The number of hydrogen-bond acceptors (Lipinski definition) is 5. The summed E-state index contributed by atoms with van der Waals surface area (Å²) >= 11 is 0. The minimum Gasteiger partial charge on any atom is -0.340 e. The van der Waals surface area contributed by atoms with Crippen molar-refractivity contribution in [1.82, 2.24) is 19.6 Å². The Morgan fingerprint density at radius 3 is 2.67 bits per heavy atom. The molecule has 3 rings (SSSR count). The number of aryl methyl sites for hydroxylation is 2. The van der Waals surface area contributed by atoms with Crippen LogP contribution in [0.1, 0.15) is 24.2 Å². The van der Waals surface area contributed by atoms with Crippen molar-refractivity contribution >= 4 is 15.7 Å². The van der Waals surface area contributed by atoms with E-state index in [1.807, 2.05) is 18.7 Å². The Hall–Kier alpha value is -1.41. The maximum Gasteiger partial charge on any atom is 0.231 e. The molecular weight excluding hydrogens is 328 g/mol. The van der Waals surface area contributed by atoms with Gasteiger partial charge < -0.3 is 4.90 Å². The molecule has 8 heteroatoms. The van der Waals surface area contributed by atoms with Crippen molar-refractivity contribution in [2.75, 3.05) is 38.2 Å². The first-order valence-electron chi connectivity index (χ1n) is 8.38. The zero-order chi connectivity index (χ0) is 17.5. The summed E-state index contributed by atoms with van der Waals surface area (Å²) in [6, 6.07) is 2.09. The van der Waals surface area contributed by atoms with E-state index in [9.17, 15) is 13.2 Å². The summed E-state index contributed by atoms with van der Waals surface area (Å²) < 4.78 is 24.5. The van der Waals surface area contributed by atoms with Gasteiger partial charge >= 0.3 is 0 Å². The first-order chi connectivity index (χ1) is 11.2. The average molecular weight is 354 g/mol. The Bertz CT molecular complexity index is 743. The van der Waals surface area contributed by atoms with E-state index in [4.69, 9.17) is 0 Å². The first kappa shape index (κ1) is 17.4. The summed E-state index contributed by atoms with van der Waals surface area (Å²) in [5.74, 6) is 0.171. The highest BCUT2D eigenvalue weighted by molar-refractivity contribution is 7.90. The summed E-state index contributed by atoms with van der Waals surface area (Å²) in [5, 5.41) is 4.38. The number of hydrogen-bond donors (Lipinski definition) is 0. The number of piperidine rings is 1. The first-order valence-corrected chi connectivity index (χ1v) is 10.4. The highest BCUT2D eigenvalue weighted by Gasteiger charge is 2.53. The maximum atomic E-state index is 12.6. The van der Waals surface area contributed by atoms with Gasteiger partial charge in [0.2, 0.25) is 5.91 Å². The second-order valence-electron chi connectivity index (χ2n) is 7.35. The molecule has 2 aliphatic rings. The van der Waals surface area contributed by atoms with Gasteiger partial charge in [-0.15, -0.1) is 0 Å². The number of carbonyl (C=O) groups excluding carboxylic acids is 1. The standard InChI is InChI=1S/C16H26N4O3S/c1-13-9-14(18(2)17-13)10-19-6-4-5-16(11-19)12-20(15(16)21)7-8-24(3,22)23/h9H,4-8,10-12H2,1-3H3/t16-/m1/s1. The fraction of sp³-hybridized carbons (Fsp3) is 0.750. The fourth-order valence-corrected chi connectivity index (χ4v) is 4.46. The fourth-order valence-electron chi connectivity index (χ4n) is 3.91. The number of likely N-dealkylation sites (tertiary alicyclic amines) is 2. The van der Waals surface area contributed by atoms with Gasteiger partial charge in [0, 0.05) is 39.5 Å². The highest BCUT2D eigenvalue weighted by Crippen LogP contribution is 2.40. The molecule has 0 unspecified atom stereocenters. The van der Waals surface area contributed by atoms with Crippen molar-refractivity contribution in [2.24, 2.45) is 12.5 Å². The zero-order valence-corrected chi connectivity index (χ0v) is 15.5. The minimum atomic E-state index is -3.03. The molecule has 7 nitrogen and oxygen atoms in total. The molecule has 1 spiro atoms. The second-order valence-corrected chi connectivity index (χ2v) is 9.61. The second kappa shape index (κ2) is 6.15. The van der Waals surface area contributed by atoms with E-state index in [0.717, 1.165) is 43.9 Å². The van der Waals surface area contributed by atoms with E-state index in [-0.39, 0.29) is 17.1 Å². The smallest absolute Gasteiger partial charge is 0.231 e. The van der Waals surface area contributed by atoms with E-state index in [0.29, 0.717) is 13.1 Å². The Kier molecular flexibility index (Phi) is 4.46. The molecule has 0 radical (unpaired) electrons. The van der Waals surface area contributed by atoms with Crippen molar-refractivity contribution in [2.45, 2.75) is 26.3 Å².